The lowest BCUT2D eigenvalue weighted by Gasteiger charge is -2.56. The van der Waals surface area contributed by atoms with Crippen LogP contribution in [0.15, 0.2) is 22.5 Å². The summed E-state index contributed by atoms with van der Waals surface area (Å²) in [6.45, 7) is -0.478. The van der Waals surface area contributed by atoms with E-state index >= 15 is 0 Å². The fourth-order valence-electron chi connectivity index (χ4n) is 3.25. The molecule has 1 aromatic heterocycles. The van der Waals surface area contributed by atoms with Gasteiger partial charge in [-0.05, 0) is 12.5 Å². The summed E-state index contributed by atoms with van der Waals surface area (Å²) < 4.78 is 55.5. The first-order chi connectivity index (χ1) is 15.5. The number of amides is 2. The Hall–Kier alpha value is -1.95. The minimum Gasteiger partial charge on any atom is -0.611 e. The number of hydrogen-bond acceptors (Lipinski definition) is 9. The van der Waals surface area contributed by atoms with Crippen molar-refractivity contribution in [3.63, 3.8) is 0 Å². The Morgan fingerprint density at radius 2 is 2.30 bits per heavy atom. The highest BCUT2D eigenvalue weighted by Crippen LogP contribution is 2.48. The molecule has 1 saturated heterocycles. The summed E-state index contributed by atoms with van der Waals surface area (Å²) in [5.41, 5.74) is -1.91. The molecule has 11 nitrogen and oxygen atoms in total. The molecule has 2 unspecified atom stereocenters. The number of carbonyl (C=O) groups excluding carboxylic acids is 2. The van der Waals surface area contributed by atoms with Crippen LogP contribution in [0.25, 0.3) is 0 Å². The number of aromatic amines is 1. The maximum Gasteiger partial charge on any atom is 0.435 e. The molecule has 4 atom stereocenters. The van der Waals surface area contributed by atoms with Crippen molar-refractivity contribution in [1.29, 1.82) is 0 Å². The first kappa shape index (κ1) is 25.7. The summed E-state index contributed by atoms with van der Waals surface area (Å²) in [4.78, 5) is 38.2. The highest BCUT2D eigenvalue weighted by molar-refractivity contribution is 8.01. The van der Waals surface area contributed by atoms with E-state index in [9.17, 15) is 37.2 Å². The Labute approximate surface area is 196 Å². The van der Waals surface area contributed by atoms with Gasteiger partial charge >= 0.3 is 11.2 Å². The second-order valence-electron chi connectivity index (χ2n) is 6.85. The molecule has 0 aromatic carbocycles. The Morgan fingerprint density at radius 3 is 2.85 bits per heavy atom. The summed E-state index contributed by atoms with van der Waals surface area (Å²) in [5.74, 6) is -4.67. The Kier molecular flexibility index (Phi) is 7.57. The minimum absolute atomic E-state index is 0.151. The van der Waals surface area contributed by atoms with Gasteiger partial charge < -0.3 is 19.7 Å². The van der Waals surface area contributed by atoms with Crippen LogP contribution in [0.5, 0.6) is 0 Å². The van der Waals surface area contributed by atoms with Gasteiger partial charge in [-0.3, -0.25) is 19.6 Å². The zero-order valence-electron chi connectivity index (χ0n) is 17.0. The van der Waals surface area contributed by atoms with Crippen LogP contribution in [0.2, 0.25) is 0 Å². The number of alkyl halides is 3. The molecular weight excluding hydrogens is 511 g/mol. The van der Waals surface area contributed by atoms with E-state index in [2.05, 4.69) is 20.7 Å². The van der Waals surface area contributed by atoms with Gasteiger partial charge in [0, 0.05) is 29.3 Å². The van der Waals surface area contributed by atoms with E-state index < -0.39 is 63.0 Å². The lowest BCUT2D eigenvalue weighted by molar-refractivity contribution is -0.192. The molecule has 33 heavy (non-hydrogen) atoms. The van der Waals surface area contributed by atoms with Crippen molar-refractivity contribution in [3.05, 3.63) is 17.5 Å². The normalized spacial score (nSPS) is 24.7. The fourth-order valence-corrected chi connectivity index (χ4v) is 6.48. The van der Waals surface area contributed by atoms with E-state index in [1.807, 2.05) is 0 Å². The Morgan fingerprint density at radius 1 is 1.61 bits per heavy atom. The van der Waals surface area contributed by atoms with Crippen molar-refractivity contribution < 1.29 is 42.0 Å². The van der Waals surface area contributed by atoms with Crippen molar-refractivity contribution in [2.75, 3.05) is 25.3 Å². The monoisotopic (exact) mass is 529 g/mol. The molecule has 0 radical (unpaired) electrons. The SMILES string of the molecule is CO[C@@]1(NC(=O)C[S+]([O-])C(F)(F)CF)C(=O)N2C(C(=O)O)=C(C(C)Sc3cnn[nH]3)CS[C@H]21. The molecule has 0 bridgehead atoms. The number of carbonyl (C=O) groups is 3. The summed E-state index contributed by atoms with van der Waals surface area (Å²) in [7, 11) is 1.08. The fraction of sp³-hybridized carbons (Fsp3) is 0.562. The van der Waals surface area contributed by atoms with Crippen LogP contribution in [0.4, 0.5) is 13.2 Å². The first-order valence-corrected chi connectivity index (χ1v) is 12.4. The van der Waals surface area contributed by atoms with Crippen LogP contribution >= 0.6 is 23.5 Å². The minimum atomic E-state index is -4.22. The summed E-state index contributed by atoms with van der Waals surface area (Å²) in [6.07, 6.45) is 1.46. The number of hydrogen-bond donors (Lipinski definition) is 3. The first-order valence-electron chi connectivity index (χ1n) is 9.11. The number of aliphatic carboxylic acids is 1. The molecule has 2 aliphatic rings. The predicted octanol–water partition coefficient (Wildman–Crippen LogP) is 0.309. The topological polar surface area (TPSA) is 161 Å². The van der Waals surface area contributed by atoms with Crippen molar-refractivity contribution in [1.82, 2.24) is 25.6 Å². The number of halogens is 3. The van der Waals surface area contributed by atoms with Gasteiger partial charge in [0.2, 0.25) is 6.67 Å². The molecule has 1 fully saturated rings. The Bertz CT molecular complexity index is 968. The lowest BCUT2D eigenvalue weighted by Crippen LogP contribution is -2.81. The number of thioether (sulfide) groups is 2. The number of aromatic nitrogens is 3. The van der Waals surface area contributed by atoms with E-state index in [-0.39, 0.29) is 11.4 Å². The van der Waals surface area contributed by atoms with Crippen molar-refractivity contribution in [3.8, 4) is 0 Å². The zero-order chi connectivity index (χ0) is 24.6. The number of nitrogens with one attached hydrogen (secondary N) is 2. The standard InChI is InChI=1S/C16H18F3N5O6S3/c1-7(32-10-3-20-23-22-10)8-4-31-14-16(30-2,13(28)24(14)11(8)12(26)27)21-9(25)5-33(29)15(18,19)6-17/h3,7,14H,4-6H2,1-2H3,(H,21,25)(H,26,27)(H,20,22,23)/t7?,14-,16-,33?/m0/s1. The van der Waals surface area contributed by atoms with Gasteiger partial charge in [-0.25, -0.2) is 9.18 Å². The zero-order valence-corrected chi connectivity index (χ0v) is 19.5. The third-order valence-electron chi connectivity index (χ3n) is 4.85. The molecule has 3 heterocycles. The van der Waals surface area contributed by atoms with Gasteiger partial charge in [-0.1, -0.05) is 17.0 Å². The number of methoxy groups -OCH3 is 1. The van der Waals surface area contributed by atoms with Crippen LogP contribution in [-0.4, -0.2) is 94.6 Å². The van der Waals surface area contributed by atoms with Gasteiger partial charge in [0.15, 0.2) is 5.75 Å². The number of rotatable bonds is 10. The number of carboxylic acid groups (broad SMARTS) is 1. The second-order valence-corrected chi connectivity index (χ2v) is 10.9. The Balaban J connectivity index is 1.81. The number of β-lactam (4-membered cyclic amide) rings is 1. The molecule has 3 rings (SSSR count). The van der Waals surface area contributed by atoms with E-state index in [4.69, 9.17) is 4.74 Å². The molecule has 182 valence electrons. The second kappa shape index (κ2) is 9.73. The molecule has 0 saturated carbocycles. The third kappa shape index (κ3) is 4.68. The molecule has 2 amide bonds. The van der Waals surface area contributed by atoms with Crippen molar-refractivity contribution in [2.24, 2.45) is 0 Å². The molecule has 1 aromatic rings. The summed E-state index contributed by atoms with van der Waals surface area (Å²) >= 11 is -0.826. The summed E-state index contributed by atoms with van der Waals surface area (Å²) in [5, 5.41) is 16.7. The number of nitrogens with zero attached hydrogens (tertiary/aromatic N) is 3. The summed E-state index contributed by atoms with van der Waals surface area (Å²) in [6, 6.07) is 0. The molecule has 0 aliphatic carbocycles. The van der Waals surface area contributed by atoms with Crippen LogP contribution in [0, 0.1) is 0 Å². The van der Waals surface area contributed by atoms with Gasteiger partial charge in [0.25, 0.3) is 17.5 Å². The van der Waals surface area contributed by atoms with Gasteiger partial charge in [0.1, 0.15) is 16.1 Å². The molecule has 3 N–H and O–H groups in total. The number of carboxylic acids is 1. The average molecular weight is 530 g/mol. The van der Waals surface area contributed by atoms with Gasteiger partial charge in [0.05, 0.1) is 6.20 Å². The molecule has 2 aliphatic heterocycles. The number of fused-ring (bicyclic) bond motifs is 1. The smallest absolute Gasteiger partial charge is 0.435 e. The maximum absolute atomic E-state index is 13.2. The van der Waals surface area contributed by atoms with E-state index in [0.717, 1.165) is 23.8 Å². The van der Waals surface area contributed by atoms with Crippen LogP contribution in [0.3, 0.4) is 0 Å². The van der Waals surface area contributed by atoms with Crippen LogP contribution < -0.4 is 5.32 Å². The third-order valence-corrected chi connectivity index (χ3v) is 8.57. The van der Waals surface area contributed by atoms with Crippen molar-refractivity contribution >= 4 is 52.5 Å². The van der Waals surface area contributed by atoms with E-state index in [1.165, 1.54) is 18.0 Å². The average Bonchev–Trinajstić information content (AvgIpc) is 3.28. The number of ether oxygens (including phenoxy) is 1. The number of H-pyrrole nitrogens is 1. The highest BCUT2D eigenvalue weighted by atomic mass is 32.2. The highest BCUT2D eigenvalue weighted by Gasteiger charge is 2.67. The lowest BCUT2D eigenvalue weighted by atomic mass is 9.97. The van der Waals surface area contributed by atoms with Crippen LogP contribution in [0.1, 0.15) is 6.92 Å². The largest absolute Gasteiger partial charge is 0.611 e. The van der Waals surface area contributed by atoms with Gasteiger partial charge in [-0.2, -0.15) is 8.78 Å². The molecular formula is C16H18F3N5O6S3. The van der Waals surface area contributed by atoms with Crippen molar-refractivity contribution in [2.45, 2.75) is 33.6 Å². The van der Waals surface area contributed by atoms with E-state index in [0.29, 0.717) is 10.6 Å². The quantitative estimate of drug-likeness (QED) is 0.167. The predicted molar refractivity (Wildman–Crippen MR) is 111 cm³/mol. The maximum atomic E-state index is 13.2. The van der Waals surface area contributed by atoms with Crippen LogP contribution in [-0.2, 0) is 30.3 Å². The molecule has 17 heteroatoms. The van der Waals surface area contributed by atoms with Gasteiger partial charge in [-0.15, -0.1) is 16.9 Å². The molecule has 0 spiro atoms. The van der Waals surface area contributed by atoms with E-state index in [1.54, 1.807) is 6.92 Å².